The first-order valence-electron chi connectivity index (χ1n) is 12.0. The van der Waals surface area contributed by atoms with Crippen molar-refractivity contribution < 1.29 is 9.59 Å². The van der Waals surface area contributed by atoms with Crippen molar-refractivity contribution in [2.75, 3.05) is 32.7 Å². The third-order valence-electron chi connectivity index (χ3n) is 6.96. The summed E-state index contributed by atoms with van der Waals surface area (Å²) in [5.41, 5.74) is 4.02. The average Bonchev–Trinajstić information content (AvgIpc) is 3.54. The molecule has 3 aromatic rings. The first-order valence-corrected chi connectivity index (χ1v) is 12.0. The second kappa shape index (κ2) is 9.65. The van der Waals surface area contributed by atoms with Crippen LogP contribution in [-0.4, -0.2) is 64.1 Å². The highest BCUT2D eigenvalue weighted by atomic mass is 16.2. The normalized spacial score (nSPS) is 17.0. The number of pyridine rings is 1. The maximum Gasteiger partial charge on any atom is 0.317 e. The molecule has 4 heterocycles. The minimum atomic E-state index is 0.0223. The summed E-state index contributed by atoms with van der Waals surface area (Å²) in [6, 6.07) is 14.5. The number of hydrogen-bond acceptors (Lipinski definition) is 3. The van der Waals surface area contributed by atoms with Gasteiger partial charge < -0.3 is 15.1 Å². The van der Waals surface area contributed by atoms with Gasteiger partial charge in [-0.15, -0.1) is 0 Å². The summed E-state index contributed by atoms with van der Waals surface area (Å²) in [7, 11) is 0. The van der Waals surface area contributed by atoms with Gasteiger partial charge in [-0.2, -0.15) is 5.10 Å². The van der Waals surface area contributed by atoms with E-state index in [4.69, 9.17) is 0 Å². The molecule has 172 valence electrons. The van der Waals surface area contributed by atoms with E-state index in [9.17, 15) is 9.59 Å². The molecular formula is C26H31N5O2. The van der Waals surface area contributed by atoms with Crippen molar-refractivity contribution in [3.05, 3.63) is 71.5 Å². The van der Waals surface area contributed by atoms with Crippen molar-refractivity contribution in [2.24, 2.45) is 0 Å². The van der Waals surface area contributed by atoms with Crippen LogP contribution in [0.2, 0.25) is 0 Å². The van der Waals surface area contributed by atoms with Crippen LogP contribution in [0.4, 0.5) is 4.79 Å². The standard InChI is InChI=1S/C26H31N5O2/c32-25(29-13-4-5-14-29)23-19-28-31-17-11-22(18-24(23)31)21-9-15-30(16-10-21)26(33)27-12-8-20-6-2-1-3-7-20/h1-3,6-7,11,17-19,21H,4-5,8-10,12-16H2,(H,27,33). The Kier molecular flexibility index (Phi) is 6.28. The van der Waals surface area contributed by atoms with Gasteiger partial charge in [0.15, 0.2) is 0 Å². The summed E-state index contributed by atoms with van der Waals surface area (Å²) in [6.07, 6.45) is 8.49. The first kappa shape index (κ1) is 21.5. The van der Waals surface area contributed by atoms with E-state index in [1.165, 1.54) is 11.1 Å². The van der Waals surface area contributed by atoms with Crippen LogP contribution in [0.25, 0.3) is 5.52 Å². The van der Waals surface area contributed by atoms with E-state index in [1.807, 2.05) is 34.2 Å². The van der Waals surface area contributed by atoms with Gasteiger partial charge in [-0.1, -0.05) is 30.3 Å². The third-order valence-corrected chi connectivity index (χ3v) is 6.96. The molecular weight excluding hydrogens is 414 g/mol. The van der Waals surface area contributed by atoms with Crippen molar-refractivity contribution in [1.82, 2.24) is 24.7 Å². The van der Waals surface area contributed by atoms with Gasteiger partial charge in [0.25, 0.3) is 5.91 Å². The maximum atomic E-state index is 12.9. The molecule has 0 saturated carbocycles. The highest BCUT2D eigenvalue weighted by Crippen LogP contribution is 2.29. The summed E-state index contributed by atoms with van der Waals surface area (Å²) in [5.74, 6) is 0.467. The number of benzene rings is 1. The molecule has 33 heavy (non-hydrogen) atoms. The van der Waals surface area contributed by atoms with Gasteiger partial charge >= 0.3 is 6.03 Å². The molecule has 2 aromatic heterocycles. The smallest absolute Gasteiger partial charge is 0.317 e. The van der Waals surface area contributed by atoms with Crippen LogP contribution in [-0.2, 0) is 6.42 Å². The Bertz CT molecular complexity index is 1110. The van der Waals surface area contributed by atoms with Crippen LogP contribution in [0, 0.1) is 0 Å². The fourth-order valence-corrected chi connectivity index (χ4v) is 4.99. The largest absolute Gasteiger partial charge is 0.339 e. The molecule has 7 nitrogen and oxygen atoms in total. The lowest BCUT2D eigenvalue weighted by atomic mass is 9.89. The molecule has 2 aliphatic rings. The van der Waals surface area contributed by atoms with Crippen LogP contribution in [0.3, 0.4) is 0 Å². The lowest BCUT2D eigenvalue weighted by Crippen LogP contribution is -2.44. The summed E-state index contributed by atoms with van der Waals surface area (Å²) in [4.78, 5) is 29.4. The van der Waals surface area contributed by atoms with Gasteiger partial charge in [-0.05, 0) is 61.3 Å². The molecule has 0 spiro atoms. The highest BCUT2D eigenvalue weighted by Gasteiger charge is 2.26. The van der Waals surface area contributed by atoms with E-state index in [0.717, 1.165) is 63.8 Å². The highest BCUT2D eigenvalue weighted by molar-refractivity contribution is 6.00. The van der Waals surface area contributed by atoms with Gasteiger partial charge in [0.2, 0.25) is 0 Å². The molecule has 0 unspecified atom stereocenters. The molecule has 1 aromatic carbocycles. The Morgan fingerprint density at radius 3 is 2.48 bits per heavy atom. The van der Waals surface area contributed by atoms with Gasteiger partial charge in [0, 0.05) is 38.9 Å². The predicted molar refractivity (Wildman–Crippen MR) is 127 cm³/mol. The van der Waals surface area contributed by atoms with Crippen LogP contribution < -0.4 is 5.32 Å². The number of nitrogens with one attached hydrogen (secondary N) is 1. The van der Waals surface area contributed by atoms with E-state index in [-0.39, 0.29) is 11.9 Å². The molecule has 2 fully saturated rings. The molecule has 3 amide bonds. The third kappa shape index (κ3) is 4.72. The number of nitrogens with zero attached hydrogens (tertiary/aromatic N) is 4. The van der Waals surface area contributed by atoms with Crippen molar-refractivity contribution in [3.63, 3.8) is 0 Å². The first-order chi connectivity index (χ1) is 16.2. The van der Waals surface area contributed by atoms with Gasteiger partial charge in [0.05, 0.1) is 17.3 Å². The van der Waals surface area contributed by atoms with Crippen LogP contribution in [0.5, 0.6) is 0 Å². The second-order valence-corrected chi connectivity index (χ2v) is 9.08. The van der Waals surface area contributed by atoms with E-state index in [0.29, 0.717) is 18.0 Å². The van der Waals surface area contributed by atoms with Crippen molar-refractivity contribution in [3.8, 4) is 0 Å². The molecule has 0 radical (unpaired) electrons. The number of piperidine rings is 1. The molecule has 2 aliphatic heterocycles. The minimum absolute atomic E-state index is 0.0223. The summed E-state index contributed by atoms with van der Waals surface area (Å²) in [5, 5.41) is 7.45. The van der Waals surface area contributed by atoms with E-state index in [1.54, 1.807) is 10.7 Å². The number of aromatic nitrogens is 2. The van der Waals surface area contributed by atoms with Crippen LogP contribution in [0.1, 0.15) is 53.1 Å². The average molecular weight is 446 g/mol. The number of likely N-dealkylation sites (tertiary alicyclic amines) is 2. The van der Waals surface area contributed by atoms with Crippen molar-refractivity contribution in [1.29, 1.82) is 0 Å². The van der Waals surface area contributed by atoms with Gasteiger partial charge in [-0.3, -0.25) is 4.79 Å². The SMILES string of the molecule is O=C(NCCc1ccccc1)N1CCC(c2ccn3ncc(C(=O)N4CCCC4)c3c2)CC1. The number of rotatable bonds is 5. The Morgan fingerprint density at radius 2 is 1.73 bits per heavy atom. The number of urea groups is 1. The zero-order valence-electron chi connectivity index (χ0n) is 18.9. The molecule has 1 N–H and O–H groups in total. The zero-order chi connectivity index (χ0) is 22.6. The number of carbonyl (C=O) groups is 2. The number of fused-ring (bicyclic) bond motifs is 1. The number of amides is 3. The maximum absolute atomic E-state index is 12.9. The zero-order valence-corrected chi connectivity index (χ0v) is 18.9. The summed E-state index contributed by atoms with van der Waals surface area (Å²) in [6.45, 7) is 3.80. The minimum Gasteiger partial charge on any atom is -0.339 e. The molecule has 0 atom stereocenters. The monoisotopic (exact) mass is 445 g/mol. The quantitative estimate of drug-likeness (QED) is 0.651. The summed E-state index contributed by atoms with van der Waals surface area (Å²) < 4.78 is 1.79. The topological polar surface area (TPSA) is 70.0 Å². The molecule has 0 aliphatic carbocycles. The lowest BCUT2D eigenvalue weighted by molar-refractivity contribution is 0.0794. The van der Waals surface area contributed by atoms with Crippen LogP contribution in [0.15, 0.2) is 54.9 Å². The predicted octanol–water partition coefficient (Wildman–Crippen LogP) is 3.70. The Labute approximate surface area is 194 Å². The summed E-state index contributed by atoms with van der Waals surface area (Å²) >= 11 is 0. The van der Waals surface area contributed by atoms with Gasteiger partial charge in [0.1, 0.15) is 0 Å². The van der Waals surface area contributed by atoms with E-state index < -0.39 is 0 Å². The lowest BCUT2D eigenvalue weighted by Gasteiger charge is -2.32. The molecule has 7 heteroatoms. The fraction of sp³-hybridized carbons (Fsp3) is 0.423. The second-order valence-electron chi connectivity index (χ2n) is 9.08. The Hall–Kier alpha value is -3.35. The number of hydrogen-bond donors (Lipinski definition) is 1. The molecule has 2 saturated heterocycles. The number of carbonyl (C=O) groups excluding carboxylic acids is 2. The van der Waals surface area contributed by atoms with Crippen molar-refractivity contribution >= 4 is 17.5 Å². The molecule has 0 bridgehead atoms. The van der Waals surface area contributed by atoms with Crippen molar-refractivity contribution in [2.45, 2.75) is 38.0 Å². The Morgan fingerprint density at radius 1 is 0.970 bits per heavy atom. The van der Waals surface area contributed by atoms with E-state index in [2.05, 4.69) is 34.7 Å². The van der Waals surface area contributed by atoms with E-state index >= 15 is 0 Å². The van der Waals surface area contributed by atoms with Crippen LogP contribution >= 0.6 is 0 Å². The Balaban J connectivity index is 1.18. The molecule has 5 rings (SSSR count). The van der Waals surface area contributed by atoms with Gasteiger partial charge in [-0.25, -0.2) is 9.31 Å². The fourth-order valence-electron chi connectivity index (χ4n) is 4.99.